The molecule has 1 fully saturated rings. The number of benzene rings is 1. The van der Waals surface area contributed by atoms with E-state index >= 15 is 0 Å². The Morgan fingerprint density at radius 1 is 1.21 bits per heavy atom. The maximum atomic E-state index is 13.1. The molecule has 98 valence electrons. The highest BCUT2D eigenvalue weighted by atomic mass is 19.1. The van der Waals surface area contributed by atoms with Crippen LogP contribution in [-0.4, -0.2) is 11.0 Å². The summed E-state index contributed by atoms with van der Waals surface area (Å²) in [7, 11) is 0. The molecule has 1 heterocycles. The maximum absolute atomic E-state index is 13.1. The predicted molar refractivity (Wildman–Crippen MR) is 70.6 cm³/mol. The molecule has 1 aliphatic carbocycles. The van der Waals surface area contributed by atoms with E-state index in [2.05, 4.69) is 10.3 Å². The lowest BCUT2D eigenvalue weighted by molar-refractivity contribution is 0.474. The average Bonchev–Trinajstić information content (AvgIpc) is 3.21. The number of halogens is 1. The minimum Gasteiger partial charge on any atom is -0.457 e. The Bertz CT molecular complexity index is 570. The smallest absolute Gasteiger partial charge is 0.130 e. The van der Waals surface area contributed by atoms with Gasteiger partial charge in [-0.2, -0.15) is 0 Å². The van der Waals surface area contributed by atoms with Crippen LogP contribution in [0.1, 0.15) is 18.5 Å². The topological polar surface area (TPSA) is 34.1 Å². The van der Waals surface area contributed by atoms with Crippen LogP contribution in [0.5, 0.6) is 11.5 Å². The molecule has 1 aliphatic rings. The summed E-state index contributed by atoms with van der Waals surface area (Å²) in [6.45, 7) is 0.741. The Balaban J connectivity index is 1.67. The van der Waals surface area contributed by atoms with Crippen LogP contribution in [0.15, 0.2) is 42.6 Å². The normalized spacial score (nSPS) is 14.4. The first-order valence-corrected chi connectivity index (χ1v) is 6.41. The van der Waals surface area contributed by atoms with Crippen molar-refractivity contribution in [1.82, 2.24) is 10.3 Å². The summed E-state index contributed by atoms with van der Waals surface area (Å²) in [5, 5.41) is 3.40. The molecule has 0 atom stereocenters. The van der Waals surface area contributed by atoms with Crippen LogP contribution in [0.2, 0.25) is 0 Å². The van der Waals surface area contributed by atoms with Crippen molar-refractivity contribution in [2.75, 3.05) is 0 Å². The number of nitrogens with zero attached hydrogens (tertiary/aromatic N) is 1. The van der Waals surface area contributed by atoms with E-state index in [1.165, 1.54) is 25.0 Å². The van der Waals surface area contributed by atoms with Gasteiger partial charge in [0.2, 0.25) is 0 Å². The summed E-state index contributed by atoms with van der Waals surface area (Å²) in [5.74, 6) is 0.864. The van der Waals surface area contributed by atoms with Gasteiger partial charge in [-0.05, 0) is 31.0 Å². The van der Waals surface area contributed by atoms with Gasteiger partial charge < -0.3 is 10.1 Å². The average molecular weight is 258 g/mol. The number of nitrogens with one attached hydrogen (secondary N) is 1. The lowest BCUT2D eigenvalue weighted by Gasteiger charge is -2.07. The molecular weight excluding hydrogens is 243 g/mol. The summed E-state index contributed by atoms with van der Waals surface area (Å²) in [6, 6.07) is 10.4. The fourth-order valence-corrected chi connectivity index (χ4v) is 1.82. The minimum absolute atomic E-state index is 0.304. The molecule has 0 unspecified atom stereocenters. The molecular formula is C15H15FN2O. The molecule has 1 N–H and O–H groups in total. The van der Waals surface area contributed by atoms with Gasteiger partial charge in [0.25, 0.3) is 0 Å². The predicted octanol–water partition coefficient (Wildman–Crippen LogP) is 3.27. The number of aromatic nitrogens is 1. The molecule has 0 bridgehead atoms. The fourth-order valence-electron chi connectivity index (χ4n) is 1.82. The van der Waals surface area contributed by atoms with Gasteiger partial charge in [0.05, 0.1) is 5.69 Å². The number of pyridine rings is 1. The van der Waals surface area contributed by atoms with Crippen LogP contribution in [0.25, 0.3) is 0 Å². The fraction of sp³-hybridized carbons (Fsp3) is 0.267. The quantitative estimate of drug-likeness (QED) is 0.893. The van der Waals surface area contributed by atoms with E-state index in [4.69, 9.17) is 4.74 Å². The first kappa shape index (κ1) is 12.1. The first-order valence-electron chi connectivity index (χ1n) is 6.41. The monoisotopic (exact) mass is 258 g/mol. The van der Waals surface area contributed by atoms with Crippen molar-refractivity contribution in [3.05, 3.63) is 54.1 Å². The maximum Gasteiger partial charge on any atom is 0.130 e. The van der Waals surface area contributed by atoms with Crippen molar-refractivity contribution in [1.29, 1.82) is 0 Å². The molecule has 2 aromatic rings. The second-order valence-corrected chi connectivity index (χ2v) is 4.70. The number of hydrogen-bond acceptors (Lipinski definition) is 3. The van der Waals surface area contributed by atoms with Crippen LogP contribution in [0, 0.1) is 5.82 Å². The third kappa shape index (κ3) is 3.51. The zero-order valence-electron chi connectivity index (χ0n) is 10.5. The molecule has 0 amide bonds. The van der Waals surface area contributed by atoms with Gasteiger partial charge in [-0.25, -0.2) is 4.39 Å². The van der Waals surface area contributed by atoms with Crippen LogP contribution in [-0.2, 0) is 6.54 Å². The first-order chi connectivity index (χ1) is 9.29. The second kappa shape index (κ2) is 5.36. The molecule has 1 aromatic carbocycles. The lowest BCUT2D eigenvalue weighted by atomic mass is 10.3. The van der Waals surface area contributed by atoms with E-state index in [1.807, 2.05) is 6.07 Å². The van der Waals surface area contributed by atoms with Gasteiger partial charge in [0, 0.05) is 30.9 Å². The highest BCUT2D eigenvalue weighted by molar-refractivity contribution is 5.31. The van der Waals surface area contributed by atoms with Crippen LogP contribution < -0.4 is 10.1 Å². The zero-order chi connectivity index (χ0) is 13.1. The summed E-state index contributed by atoms with van der Waals surface area (Å²) in [5.41, 5.74) is 0.931. The van der Waals surface area contributed by atoms with Gasteiger partial charge in [0.15, 0.2) is 0 Å². The van der Waals surface area contributed by atoms with Crippen LogP contribution >= 0.6 is 0 Å². The van der Waals surface area contributed by atoms with E-state index < -0.39 is 0 Å². The van der Waals surface area contributed by atoms with Gasteiger partial charge in [-0.15, -0.1) is 0 Å². The van der Waals surface area contributed by atoms with Gasteiger partial charge >= 0.3 is 0 Å². The molecule has 1 aromatic heterocycles. The Morgan fingerprint density at radius 3 is 2.84 bits per heavy atom. The van der Waals surface area contributed by atoms with E-state index in [-0.39, 0.29) is 5.82 Å². The van der Waals surface area contributed by atoms with Gasteiger partial charge in [0.1, 0.15) is 17.3 Å². The summed E-state index contributed by atoms with van der Waals surface area (Å²) in [4.78, 5) is 4.28. The standard InChI is InChI=1S/C15H15FN2O/c16-11-2-1-3-14(8-11)19-15-6-7-17-13(9-15)10-18-12-4-5-12/h1-3,6-9,12,18H,4-5,10H2. The Labute approximate surface area is 111 Å². The van der Waals surface area contributed by atoms with Crippen molar-refractivity contribution in [2.45, 2.75) is 25.4 Å². The van der Waals surface area contributed by atoms with Crippen molar-refractivity contribution in [3.8, 4) is 11.5 Å². The molecule has 0 aliphatic heterocycles. The molecule has 1 saturated carbocycles. The number of hydrogen-bond donors (Lipinski definition) is 1. The van der Waals surface area contributed by atoms with Crippen molar-refractivity contribution < 1.29 is 9.13 Å². The molecule has 19 heavy (non-hydrogen) atoms. The lowest BCUT2D eigenvalue weighted by Crippen LogP contribution is -2.16. The van der Waals surface area contributed by atoms with Gasteiger partial charge in [-0.3, -0.25) is 4.98 Å². The summed E-state index contributed by atoms with van der Waals surface area (Å²) >= 11 is 0. The molecule has 3 nitrogen and oxygen atoms in total. The number of ether oxygens (including phenoxy) is 1. The molecule has 4 heteroatoms. The van der Waals surface area contributed by atoms with Gasteiger partial charge in [-0.1, -0.05) is 6.07 Å². The Hall–Kier alpha value is -1.94. The molecule has 0 spiro atoms. The summed E-state index contributed by atoms with van der Waals surface area (Å²) in [6.07, 6.45) is 4.21. The van der Waals surface area contributed by atoms with Crippen molar-refractivity contribution in [2.24, 2.45) is 0 Å². The SMILES string of the molecule is Fc1cccc(Oc2ccnc(CNC3CC3)c2)c1. The minimum atomic E-state index is -0.304. The van der Waals surface area contributed by atoms with E-state index in [0.29, 0.717) is 17.5 Å². The molecule has 0 radical (unpaired) electrons. The molecule has 3 rings (SSSR count). The number of rotatable bonds is 5. The zero-order valence-corrected chi connectivity index (χ0v) is 10.5. The van der Waals surface area contributed by atoms with Crippen LogP contribution in [0.4, 0.5) is 4.39 Å². The largest absolute Gasteiger partial charge is 0.457 e. The third-order valence-electron chi connectivity index (χ3n) is 2.97. The van der Waals surface area contributed by atoms with E-state index in [1.54, 1.807) is 24.4 Å². The Morgan fingerprint density at radius 2 is 2.05 bits per heavy atom. The van der Waals surface area contributed by atoms with Crippen molar-refractivity contribution >= 4 is 0 Å². The highest BCUT2D eigenvalue weighted by Crippen LogP contribution is 2.23. The molecule has 0 saturated heterocycles. The Kier molecular flexibility index (Phi) is 3.42. The van der Waals surface area contributed by atoms with E-state index in [0.717, 1.165) is 12.2 Å². The highest BCUT2D eigenvalue weighted by Gasteiger charge is 2.20. The summed E-state index contributed by atoms with van der Waals surface area (Å²) < 4.78 is 18.7. The van der Waals surface area contributed by atoms with Crippen molar-refractivity contribution in [3.63, 3.8) is 0 Å². The second-order valence-electron chi connectivity index (χ2n) is 4.70. The van der Waals surface area contributed by atoms with E-state index in [9.17, 15) is 4.39 Å². The van der Waals surface area contributed by atoms with Crippen LogP contribution in [0.3, 0.4) is 0 Å². The third-order valence-corrected chi connectivity index (χ3v) is 2.97.